The van der Waals surface area contributed by atoms with Gasteiger partial charge in [-0.3, -0.25) is 14.9 Å². The van der Waals surface area contributed by atoms with Crippen LogP contribution in [0.1, 0.15) is 75.1 Å². The second-order valence-corrected chi connectivity index (χ2v) is 9.55. The molecule has 0 aromatic carbocycles. The molecule has 2 aliphatic heterocycles. The van der Waals surface area contributed by atoms with Gasteiger partial charge in [-0.05, 0) is 88.4 Å². The summed E-state index contributed by atoms with van der Waals surface area (Å²) < 4.78 is 0. The SMILES string of the molecule is NCCCCN(CC1=NC2CCCC3CCCN1C32)C1CCCc2cccnc21. The van der Waals surface area contributed by atoms with Crippen molar-refractivity contribution in [2.75, 3.05) is 26.2 Å². The number of aryl methyl sites for hydroxylation is 1. The lowest BCUT2D eigenvalue weighted by Gasteiger charge is -2.44. The lowest BCUT2D eigenvalue weighted by molar-refractivity contribution is 0.115. The van der Waals surface area contributed by atoms with Gasteiger partial charge >= 0.3 is 0 Å². The van der Waals surface area contributed by atoms with Gasteiger partial charge in [-0.1, -0.05) is 12.5 Å². The summed E-state index contributed by atoms with van der Waals surface area (Å²) in [5.41, 5.74) is 8.59. The van der Waals surface area contributed by atoms with Crippen LogP contribution in [0.3, 0.4) is 0 Å². The van der Waals surface area contributed by atoms with Crippen LogP contribution < -0.4 is 5.73 Å². The molecule has 29 heavy (non-hydrogen) atoms. The number of aromatic nitrogens is 1. The van der Waals surface area contributed by atoms with Crippen LogP contribution in [-0.4, -0.2) is 58.9 Å². The Kier molecular flexibility index (Phi) is 5.87. The van der Waals surface area contributed by atoms with E-state index >= 15 is 0 Å². The molecule has 5 rings (SSSR count). The molecule has 2 N–H and O–H groups in total. The van der Waals surface area contributed by atoms with Gasteiger partial charge in [0.05, 0.1) is 30.4 Å². The Morgan fingerprint density at radius 2 is 2.03 bits per heavy atom. The molecule has 5 nitrogen and oxygen atoms in total. The summed E-state index contributed by atoms with van der Waals surface area (Å²) in [6.45, 7) is 4.09. The normalized spacial score (nSPS) is 30.8. The fraction of sp³-hybridized carbons (Fsp3) is 0.750. The molecule has 158 valence electrons. The Morgan fingerprint density at radius 3 is 2.97 bits per heavy atom. The molecular weight excluding hydrogens is 358 g/mol. The molecule has 1 saturated heterocycles. The second kappa shape index (κ2) is 8.73. The number of hydrogen-bond acceptors (Lipinski definition) is 5. The monoisotopic (exact) mass is 395 g/mol. The molecule has 3 heterocycles. The fourth-order valence-corrected chi connectivity index (χ4v) is 6.46. The highest BCUT2D eigenvalue weighted by atomic mass is 15.3. The highest BCUT2D eigenvalue weighted by molar-refractivity contribution is 5.87. The Hall–Kier alpha value is -1.46. The molecule has 1 aromatic heterocycles. The standard InChI is InChI=1S/C24H37N5/c25-13-1-2-15-28(21-12-4-7-18-9-5-14-26-23(18)21)17-22-27-20-11-3-8-19-10-6-16-29(22)24(19)20/h5,9,14,19-21,24H,1-4,6-8,10-13,15-17,25H2. The number of aliphatic imine (C=N–C) groups is 1. The first-order valence-corrected chi connectivity index (χ1v) is 12.1. The van der Waals surface area contributed by atoms with Gasteiger partial charge in [0.1, 0.15) is 5.84 Å². The van der Waals surface area contributed by atoms with Crippen molar-refractivity contribution in [2.45, 2.75) is 82.3 Å². The zero-order chi connectivity index (χ0) is 19.6. The topological polar surface area (TPSA) is 57.8 Å². The highest BCUT2D eigenvalue weighted by Crippen LogP contribution is 2.41. The van der Waals surface area contributed by atoms with E-state index in [4.69, 9.17) is 15.7 Å². The third-order valence-electron chi connectivity index (χ3n) is 7.78. The summed E-state index contributed by atoms with van der Waals surface area (Å²) >= 11 is 0. The number of pyridine rings is 1. The van der Waals surface area contributed by atoms with Gasteiger partial charge in [-0.15, -0.1) is 0 Å². The van der Waals surface area contributed by atoms with Crippen LogP contribution in [0.5, 0.6) is 0 Å². The van der Waals surface area contributed by atoms with Gasteiger partial charge in [-0.2, -0.15) is 0 Å². The van der Waals surface area contributed by atoms with Gasteiger partial charge in [0.15, 0.2) is 0 Å². The number of piperidine rings is 1. The predicted molar refractivity (Wildman–Crippen MR) is 118 cm³/mol. The maximum atomic E-state index is 5.82. The lowest BCUT2D eigenvalue weighted by Crippen LogP contribution is -2.52. The van der Waals surface area contributed by atoms with E-state index in [9.17, 15) is 0 Å². The Labute approximate surface area is 175 Å². The number of unbranched alkanes of at least 4 members (excludes halogenated alkanes) is 1. The number of amidine groups is 1. The average molecular weight is 396 g/mol. The minimum absolute atomic E-state index is 0.434. The van der Waals surface area contributed by atoms with Crippen molar-refractivity contribution in [3.8, 4) is 0 Å². The molecule has 4 atom stereocenters. The zero-order valence-corrected chi connectivity index (χ0v) is 17.8. The molecule has 0 spiro atoms. The molecule has 2 fully saturated rings. The van der Waals surface area contributed by atoms with E-state index in [2.05, 4.69) is 21.9 Å². The quantitative estimate of drug-likeness (QED) is 0.718. The van der Waals surface area contributed by atoms with E-state index in [1.54, 1.807) is 0 Å². The van der Waals surface area contributed by atoms with Crippen LogP contribution in [0.2, 0.25) is 0 Å². The largest absolute Gasteiger partial charge is 0.354 e. The van der Waals surface area contributed by atoms with Crippen LogP contribution in [0, 0.1) is 5.92 Å². The van der Waals surface area contributed by atoms with E-state index < -0.39 is 0 Å². The minimum atomic E-state index is 0.434. The summed E-state index contributed by atoms with van der Waals surface area (Å²) in [6.07, 6.45) is 14.7. The van der Waals surface area contributed by atoms with Crippen molar-refractivity contribution >= 4 is 5.84 Å². The Balaban J connectivity index is 1.38. The summed E-state index contributed by atoms with van der Waals surface area (Å²) in [6, 6.07) is 6.08. The first kappa shape index (κ1) is 19.5. The first-order chi connectivity index (χ1) is 14.3. The maximum absolute atomic E-state index is 5.82. The summed E-state index contributed by atoms with van der Waals surface area (Å²) in [4.78, 5) is 15.6. The molecule has 0 amide bonds. The van der Waals surface area contributed by atoms with Gasteiger partial charge in [0.2, 0.25) is 0 Å². The molecule has 4 unspecified atom stereocenters. The van der Waals surface area contributed by atoms with E-state index in [-0.39, 0.29) is 0 Å². The molecule has 1 aromatic rings. The van der Waals surface area contributed by atoms with Gasteiger partial charge in [0.25, 0.3) is 0 Å². The van der Waals surface area contributed by atoms with Crippen LogP contribution in [0.15, 0.2) is 23.3 Å². The number of fused-ring (bicyclic) bond motifs is 1. The molecular formula is C24H37N5. The van der Waals surface area contributed by atoms with Gasteiger partial charge < -0.3 is 10.6 Å². The van der Waals surface area contributed by atoms with Crippen LogP contribution in [-0.2, 0) is 6.42 Å². The average Bonchev–Trinajstić information content (AvgIpc) is 3.12. The van der Waals surface area contributed by atoms with Crippen LogP contribution in [0.4, 0.5) is 0 Å². The van der Waals surface area contributed by atoms with E-state index in [1.165, 1.54) is 75.0 Å². The molecule has 5 heteroatoms. The van der Waals surface area contributed by atoms with Crippen molar-refractivity contribution in [1.82, 2.24) is 14.8 Å². The summed E-state index contributed by atoms with van der Waals surface area (Å²) in [5, 5.41) is 0. The highest BCUT2D eigenvalue weighted by Gasteiger charge is 2.45. The molecule has 0 radical (unpaired) electrons. The molecule has 0 bridgehead atoms. The Bertz CT molecular complexity index is 730. The minimum Gasteiger partial charge on any atom is -0.354 e. The zero-order valence-electron chi connectivity index (χ0n) is 17.8. The third-order valence-corrected chi connectivity index (χ3v) is 7.78. The van der Waals surface area contributed by atoms with Gasteiger partial charge in [-0.25, -0.2) is 0 Å². The fourth-order valence-electron chi connectivity index (χ4n) is 6.46. The third kappa shape index (κ3) is 3.84. The summed E-state index contributed by atoms with van der Waals surface area (Å²) in [5.74, 6) is 2.26. The van der Waals surface area contributed by atoms with Crippen molar-refractivity contribution in [1.29, 1.82) is 0 Å². The number of nitrogens with two attached hydrogens (primary N) is 1. The maximum Gasteiger partial charge on any atom is 0.114 e. The molecule has 2 aliphatic carbocycles. The predicted octanol–water partition coefficient (Wildman–Crippen LogP) is 3.55. The van der Waals surface area contributed by atoms with E-state index in [0.717, 1.165) is 38.4 Å². The van der Waals surface area contributed by atoms with Crippen LogP contribution >= 0.6 is 0 Å². The van der Waals surface area contributed by atoms with Crippen LogP contribution in [0.25, 0.3) is 0 Å². The number of hydrogen-bond donors (Lipinski definition) is 1. The lowest BCUT2D eigenvalue weighted by atomic mass is 9.76. The summed E-state index contributed by atoms with van der Waals surface area (Å²) in [7, 11) is 0. The second-order valence-electron chi connectivity index (χ2n) is 9.55. The van der Waals surface area contributed by atoms with E-state index in [1.807, 2.05) is 6.20 Å². The van der Waals surface area contributed by atoms with Gasteiger partial charge in [0, 0.05) is 12.7 Å². The number of rotatable bonds is 7. The molecule has 4 aliphatic rings. The van der Waals surface area contributed by atoms with E-state index in [0.29, 0.717) is 18.1 Å². The van der Waals surface area contributed by atoms with Crippen molar-refractivity contribution in [3.63, 3.8) is 0 Å². The number of nitrogens with zero attached hydrogens (tertiary/aromatic N) is 4. The molecule has 1 saturated carbocycles. The van der Waals surface area contributed by atoms with Crippen molar-refractivity contribution in [2.24, 2.45) is 16.6 Å². The van der Waals surface area contributed by atoms with Crippen molar-refractivity contribution < 1.29 is 0 Å². The first-order valence-electron chi connectivity index (χ1n) is 12.1. The smallest absolute Gasteiger partial charge is 0.114 e. The van der Waals surface area contributed by atoms with Crippen molar-refractivity contribution in [3.05, 3.63) is 29.6 Å². The Morgan fingerprint density at radius 1 is 1.10 bits per heavy atom.